The monoisotopic (exact) mass is 320 g/mol. The molecule has 0 radical (unpaired) electrons. The Hall–Kier alpha value is -1.59. The van der Waals surface area contributed by atoms with Gasteiger partial charge in [-0.1, -0.05) is 12.1 Å². The Morgan fingerprint density at radius 2 is 2.00 bits per heavy atom. The fourth-order valence-electron chi connectivity index (χ4n) is 2.75. The van der Waals surface area contributed by atoms with Crippen molar-refractivity contribution in [2.24, 2.45) is 5.92 Å². The lowest BCUT2D eigenvalue weighted by atomic mass is 10.1. The van der Waals surface area contributed by atoms with Gasteiger partial charge in [-0.25, -0.2) is 0 Å². The van der Waals surface area contributed by atoms with Crippen molar-refractivity contribution >= 4 is 5.91 Å². The van der Waals surface area contributed by atoms with Crippen LogP contribution in [0.2, 0.25) is 0 Å². The quantitative estimate of drug-likeness (QED) is 0.669. The van der Waals surface area contributed by atoms with Crippen molar-refractivity contribution in [1.29, 1.82) is 0 Å². The first-order chi connectivity index (χ1) is 11.2. The van der Waals surface area contributed by atoms with Gasteiger partial charge in [0.2, 0.25) is 5.91 Å². The van der Waals surface area contributed by atoms with Crippen molar-refractivity contribution in [1.82, 2.24) is 10.2 Å². The fraction of sp³-hybridized carbons (Fsp3) is 0.611. The number of carbonyl (C=O) groups is 1. The molecule has 1 fully saturated rings. The van der Waals surface area contributed by atoms with Gasteiger partial charge in [0.25, 0.3) is 0 Å². The molecule has 1 aliphatic carbocycles. The summed E-state index contributed by atoms with van der Waals surface area (Å²) in [4.78, 5) is 14.4. The lowest BCUT2D eigenvalue weighted by molar-refractivity contribution is -0.122. The maximum atomic E-state index is 12.2. The molecule has 128 valence electrons. The minimum absolute atomic E-state index is 0.134. The molecule has 2 rings (SSSR count). The SMILES string of the molecule is COCCN(C)CCCNC(=O)[C@H]1C[C@H]1c1ccc(OC)cc1. The largest absolute Gasteiger partial charge is 0.497 e. The van der Waals surface area contributed by atoms with Crippen LogP contribution in [-0.2, 0) is 9.53 Å². The van der Waals surface area contributed by atoms with E-state index < -0.39 is 0 Å². The Labute approximate surface area is 139 Å². The highest BCUT2D eigenvalue weighted by molar-refractivity contribution is 5.82. The lowest BCUT2D eigenvalue weighted by Crippen LogP contribution is -2.30. The van der Waals surface area contributed by atoms with Crippen molar-refractivity contribution in [2.75, 3.05) is 47.5 Å². The van der Waals surface area contributed by atoms with Crippen molar-refractivity contribution < 1.29 is 14.3 Å². The number of likely N-dealkylation sites (N-methyl/N-ethyl adjacent to an activating group) is 1. The number of hydrogen-bond acceptors (Lipinski definition) is 4. The molecule has 23 heavy (non-hydrogen) atoms. The molecule has 2 atom stereocenters. The number of hydrogen-bond donors (Lipinski definition) is 1. The predicted molar refractivity (Wildman–Crippen MR) is 90.8 cm³/mol. The Morgan fingerprint density at radius 1 is 1.26 bits per heavy atom. The Morgan fingerprint density at radius 3 is 2.65 bits per heavy atom. The van der Waals surface area contributed by atoms with E-state index in [1.54, 1.807) is 14.2 Å². The van der Waals surface area contributed by atoms with Crippen LogP contribution in [0.25, 0.3) is 0 Å². The third-order valence-electron chi connectivity index (χ3n) is 4.36. The second-order valence-electron chi connectivity index (χ2n) is 6.16. The molecular formula is C18H28N2O3. The number of methoxy groups -OCH3 is 2. The van der Waals surface area contributed by atoms with E-state index >= 15 is 0 Å². The normalized spacial score (nSPS) is 19.7. The van der Waals surface area contributed by atoms with Gasteiger partial charge in [-0.3, -0.25) is 4.79 Å². The first kappa shape index (κ1) is 17.8. The highest BCUT2D eigenvalue weighted by Crippen LogP contribution is 2.47. The van der Waals surface area contributed by atoms with Gasteiger partial charge in [-0.2, -0.15) is 0 Å². The molecular weight excluding hydrogens is 292 g/mol. The Balaban J connectivity index is 1.63. The number of nitrogens with zero attached hydrogens (tertiary/aromatic N) is 1. The van der Waals surface area contributed by atoms with Crippen molar-refractivity contribution in [3.05, 3.63) is 29.8 Å². The van der Waals surface area contributed by atoms with Crippen LogP contribution < -0.4 is 10.1 Å². The molecule has 1 saturated carbocycles. The number of benzene rings is 1. The molecule has 5 nitrogen and oxygen atoms in total. The molecule has 0 aliphatic heterocycles. The number of amides is 1. The van der Waals surface area contributed by atoms with Crippen LogP contribution in [0.4, 0.5) is 0 Å². The van der Waals surface area contributed by atoms with E-state index in [4.69, 9.17) is 9.47 Å². The number of carbonyl (C=O) groups excluding carboxylic acids is 1. The van der Waals surface area contributed by atoms with Gasteiger partial charge < -0.3 is 19.7 Å². The van der Waals surface area contributed by atoms with Crippen LogP contribution in [0.1, 0.15) is 24.3 Å². The van der Waals surface area contributed by atoms with E-state index in [9.17, 15) is 4.79 Å². The second kappa shape index (κ2) is 8.89. The first-order valence-electron chi connectivity index (χ1n) is 8.25. The summed E-state index contributed by atoms with van der Waals surface area (Å²) in [6, 6.07) is 8.03. The third-order valence-corrected chi connectivity index (χ3v) is 4.36. The molecule has 1 N–H and O–H groups in total. The number of nitrogens with one attached hydrogen (secondary N) is 1. The van der Waals surface area contributed by atoms with Gasteiger partial charge in [-0.05, 0) is 50.0 Å². The summed E-state index contributed by atoms with van der Waals surface area (Å²) in [6.45, 7) is 3.37. The highest BCUT2D eigenvalue weighted by atomic mass is 16.5. The maximum absolute atomic E-state index is 12.2. The van der Waals surface area contributed by atoms with Gasteiger partial charge in [0, 0.05) is 26.1 Å². The van der Waals surface area contributed by atoms with E-state index in [0.29, 0.717) is 5.92 Å². The summed E-state index contributed by atoms with van der Waals surface area (Å²) in [5.41, 5.74) is 1.23. The summed E-state index contributed by atoms with van der Waals surface area (Å²) in [5, 5.41) is 3.06. The zero-order chi connectivity index (χ0) is 16.7. The molecule has 0 unspecified atom stereocenters. The zero-order valence-electron chi connectivity index (χ0n) is 14.4. The van der Waals surface area contributed by atoms with E-state index in [1.807, 2.05) is 12.1 Å². The van der Waals surface area contributed by atoms with E-state index in [0.717, 1.165) is 44.8 Å². The topological polar surface area (TPSA) is 50.8 Å². The molecule has 1 aliphatic rings. The molecule has 0 spiro atoms. The summed E-state index contributed by atoms with van der Waals surface area (Å²) in [7, 11) is 5.44. The van der Waals surface area contributed by atoms with Crippen molar-refractivity contribution in [3.8, 4) is 5.75 Å². The van der Waals surface area contributed by atoms with E-state index in [2.05, 4.69) is 29.4 Å². The van der Waals surface area contributed by atoms with Gasteiger partial charge in [-0.15, -0.1) is 0 Å². The summed E-state index contributed by atoms with van der Waals surface area (Å²) < 4.78 is 10.2. The van der Waals surface area contributed by atoms with Crippen LogP contribution in [0, 0.1) is 5.92 Å². The van der Waals surface area contributed by atoms with Crippen LogP contribution in [0.15, 0.2) is 24.3 Å². The van der Waals surface area contributed by atoms with Gasteiger partial charge in [0.15, 0.2) is 0 Å². The minimum Gasteiger partial charge on any atom is -0.497 e. The summed E-state index contributed by atoms with van der Waals surface area (Å²) in [6.07, 6.45) is 1.91. The Bertz CT molecular complexity index is 490. The first-order valence-corrected chi connectivity index (χ1v) is 8.25. The van der Waals surface area contributed by atoms with Gasteiger partial charge in [0.1, 0.15) is 5.75 Å². The van der Waals surface area contributed by atoms with E-state index in [1.165, 1.54) is 5.56 Å². The summed E-state index contributed by atoms with van der Waals surface area (Å²) >= 11 is 0. The molecule has 1 amide bonds. The lowest BCUT2D eigenvalue weighted by Gasteiger charge is -2.15. The minimum atomic E-state index is 0.134. The molecule has 5 heteroatoms. The average molecular weight is 320 g/mol. The predicted octanol–water partition coefficient (Wildman–Crippen LogP) is 1.88. The number of ether oxygens (including phenoxy) is 2. The third kappa shape index (κ3) is 5.52. The number of rotatable bonds is 10. The molecule has 0 heterocycles. The molecule has 1 aromatic rings. The maximum Gasteiger partial charge on any atom is 0.223 e. The standard InChI is InChI=1S/C18H28N2O3/c1-20(11-12-22-2)10-4-9-19-18(21)17-13-16(17)14-5-7-15(23-3)8-6-14/h5-8,16-17H,4,9-13H2,1-3H3,(H,19,21)/t16-,17-/m0/s1. The van der Waals surface area contributed by atoms with Crippen LogP contribution >= 0.6 is 0 Å². The Kier molecular flexibility index (Phi) is 6.86. The molecule has 0 aromatic heterocycles. The van der Waals surface area contributed by atoms with Crippen LogP contribution in [-0.4, -0.2) is 58.3 Å². The zero-order valence-corrected chi connectivity index (χ0v) is 14.4. The highest BCUT2D eigenvalue weighted by Gasteiger charge is 2.43. The molecule has 0 bridgehead atoms. The molecule has 1 aromatic carbocycles. The average Bonchev–Trinajstić information content (AvgIpc) is 3.37. The fourth-order valence-corrected chi connectivity index (χ4v) is 2.75. The van der Waals surface area contributed by atoms with Crippen LogP contribution in [0.5, 0.6) is 5.75 Å². The van der Waals surface area contributed by atoms with Crippen molar-refractivity contribution in [2.45, 2.75) is 18.8 Å². The van der Waals surface area contributed by atoms with Gasteiger partial charge in [0.05, 0.1) is 13.7 Å². The van der Waals surface area contributed by atoms with Crippen molar-refractivity contribution in [3.63, 3.8) is 0 Å². The summed E-state index contributed by atoms with van der Waals surface area (Å²) in [5.74, 6) is 1.54. The smallest absolute Gasteiger partial charge is 0.223 e. The van der Waals surface area contributed by atoms with Crippen LogP contribution in [0.3, 0.4) is 0 Å². The molecule has 0 saturated heterocycles. The second-order valence-corrected chi connectivity index (χ2v) is 6.16. The van der Waals surface area contributed by atoms with E-state index in [-0.39, 0.29) is 11.8 Å². The van der Waals surface area contributed by atoms with Gasteiger partial charge >= 0.3 is 0 Å².